The van der Waals surface area contributed by atoms with Crippen molar-refractivity contribution in [1.82, 2.24) is 0 Å². The molecule has 1 saturated heterocycles. The van der Waals surface area contributed by atoms with Gasteiger partial charge in [0.25, 0.3) is 8.32 Å². The molecule has 224 valence electrons. The van der Waals surface area contributed by atoms with E-state index in [4.69, 9.17) is 18.6 Å². The van der Waals surface area contributed by atoms with E-state index in [-0.39, 0.29) is 29.5 Å². The molecule has 0 radical (unpaired) electrons. The molecule has 0 unspecified atom stereocenters. The van der Waals surface area contributed by atoms with Crippen molar-refractivity contribution in [3.8, 4) is 0 Å². The van der Waals surface area contributed by atoms with Gasteiger partial charge in [0.2, 0.25) is 0 Å². The van der Waals surface area contributed by atoms with Gasteiger partial charge in [-0.25, -0.2) is 0 Å². The highest BCUT2D eigenvalue weighted by Gasteiger charge is 2.50. The van der Waals surface area contributed by atoms with E-state index in [1.54, 1.807) is 0 Å². The number of benzene rings is 3. The molecule has 2 aliphatic rings. The van der Waals surface area contributed by atoms with E-state index in [1.807, 2.05) is 6.07 Å². The van der Waals surface area contributed by atoms with Gasteiger partial charge in [0.1, 0.15) is 0 Å². The first-order chi connectivity index (χ1) is 20.3. The van der Waals surface area contributed by atoms with E-state index in [2.05, 4.69) is 125 Å². The van der Waals surface area contributed by atoms with Gasteiger partial charge in [-0.1, -0.05) is 131 Å². The van der Waals surface area contributed by atoms with E-state index in [1.165, 1.54) is 10.4 Å². The smallest absolute Gasteiger partial charge is 0.261 e. The lowest BCUT2D eigenvalue weighted by atomic mass is 9.93. The minimum atomic E-state index is -2.70. The molecule has 0 N–H and O–H groups in total. The Balaban J connectivity index is 1.44. The van der Waals surface area contributed by atoms with Crippen molar-refractivity contribution in [2.45, 2.75) is 89.4 Å². The topological polar surface area (TPSA) is 36.9 Å². The lowest BCUT2D eigenvalue weighted by molar-refractivity contribution is -0.136. The van der Waals surface area contributed by atoms with Gasteiger partial charge in [-0.05, 0) is 46.2 Å². The molecule has 3 aromatic carbocycles. The molecule has 42 heavy (non-hydrogen) atoms. The van der Waals surface area contributed by atoms with Crippen LogP contribution in [0.15, 0.2) is 103 Å². The molecule has 2 heterocycles. The number of fused-ring (bicyclic) bond motifs is 1. The molecule has 2 aliphatic heterocycles. The van der Waals surface area contributed by atoms with Crippen LogP contribution in [0.1, 0.15) is 58.9 Å². The van der Waals surface area contributed by atoms with Crippen LogP contribution in [0.5, 0.6) is 0 Å². The molecule has 0 saturated carbocycles. The fraction of sp³-hybridized carbons (Fsp3) is 0.459. The van der Waals surface area contributed by atoms with E-state index >= 15 is 0 Å². The Bertz CT molecular complexity index is 1200. The summed E-state index contributed by atoms with van der Waals surface area (Å²) in [5.74, 6) is 0.457. The molecule has 3 aromatic rings. The first-order valence-corrected chi connectivity index (χ1v) is 17.6. The average molecular weight is 585 g/mol. The van der Waals surface area contributed by atoms with Gasteiger partial charge in [0.05, 0.1) is 37.6 Å². The van der Waals surface area contributed by atoms with Crippen molar-refractivity contribution < 1.29 is 18.6 Å². The number of ether oxygens (including phenoxy) is 3. The lowest BCUT2D eigenvalue weighted by Crippen LogP contribution is -2.67. The maximum atomic E-state index is 7.35. The predicted molar refractivity (Wildman–Crippen MR) is 174 cm³/mol. The second-order valence-corrected chi connectivity index (χ2v) is 17.3. The average Bonchev–Trinajstić information content (AvgIpc) is 2.99. The highest BCUT2D eigenvalue weighted by atomic mass is 28.4. The van der Waals surface area contributed by atoms with E-state index in [9.17, 15) is 0 Å². The van der Waals surface area contributed by atoms with E-state index in [0.29, 0.717) is 19.1 Å². The van der Waals surface area contributed by atoms with Crippen molar-refractivity contribution in [2.75, 3.05) is 13.2 Å². The zero-order chi connectivity index (χ0) is 29.4. The fourth-order valence-corrected chi connectivity index (χ4v) is 11.2. The van der Waals surface area contributed by atoms with Crippen LogP contribution in [-0.4, -0.2) is 45.9 Å². The molecular formula is C37H48O4Si. The molecular weight excluding hydrogens is 536 g/mol. The lowest BCUT2D eigenvalue weighted by Gasteiger charge is -2.44. The second-order valence-electron chi connectivity index (χ2n) is 13.0. The van der Waals surface area contributed by atoms with Crippen LogP contribution in [0, 0.1) is 5.92 Å². The molecule has 0 aliphatic carbocycles. The third-order valence-electron chi connectivity index (χ3n) is 8.71. The Morgan fingerprint density at radius 2 is 1.45 bits per heavy atom. The summed E-state index contributed by atoms with van der Waals surface area (Å²) < 4.78 is 27.0. The Labute approximate surface area is 254 Å². The normalized spacial score (nSPS) is 24.7. The molecule has 0 aromatic heterocycles. The zero-order valence-corrected chi connectivity index (χ0v) is 26.8. The second kappa shape index (κ2) is 14.3. The van der Waals surface area contributed by atoms with Crippen molar-refractivity contribution >= 4 is 18.7 Å². The van der Waals surface area contributed by atoms with Gasteiger partial charge in [-0.15, -0.1) is 0 Å². The van der Waals surface area contributed by atoms with Crippen LogP contribution in [0.25, 0.3) is 0 Å². The molecule has 5 heteroatoms. The third kappa shape index (κ3) is 7.50. The SMILES string of the molecule is C[C@@H]1/C=C\[C@@H](C[C@@H](CO[Si](c2ccccc2)(c2ccccc2)C(C)(C)C)OCc2ccccc2)O[C@H]2CCCO[C@@H]2C1. The van der Waals surface area contributed by atoms with Crippen molar-refractivity contribution in [3.05, 3.63) is 109 Å². The third-order valence-corrected chi connectivity index (χ3v) is 13.7. The maximum Gasteiger partial charge on any atom is 0.261 e. The van der Waals surface area contributed by atoms with Crippen LogP contribution in [0.3, 0.4) is 0 Å². The molecule has 4 nitrogen and oxygen atoms in total. The van der Waals surface area contributed by atoms with Crippen LogP contribution in [0.2, 0.25) is 5.04 Å². The Morgan fingerprint density at radius 3 is 2.07 bits per heavy atom. The number of rotatable bonds is 10. The quantitative estimate of drug-likeness (QED) is 0.189. The van der Waals surface area contributed by atoms with Crippen molar-refractivity contribution in [1.29, 1.82) is 0 Å². The number of hydrogen-bond donors (Lipinski definition) is 0. The summed E-state index contributed by atoms with van der Waals surface area (Å²) in [6.45, 7) is 11.1. The Hall–Kier alpha value is -2.54. The predicted octanol–water partition coefficient (Wildman–Crippen LogP) is 7.07. The van der Waals surface area contributed by atoms with Crippen LogP contribution < -0.4 is 10.4 Å². The molecule has 5 rings (SSSR count). The standard InChI is InChI=1S/C37H48O4Si/c1-29-22-23-31(41-35-21-14-24-38-36(35)25-29)26-32(39-27-30-15-8-5-9-16-30)28-40-42(37(2,3)4,33-17-10-6-11-18-33)34-19-12-7-13-20-34/h5-13,15-20,22-23,29,31-32,35-36H,14,21,24-28H2,1-4H3/b23-22-/t29-,31+,32+,35+,36-/m1/s1. The van der Waals surface area contributed by atoms with Gasteiger partial charge in [-0.2, -0.15) is 0 Å². The Kier molecular flexibility index (Phi) is 10.5. The van der Waals surface area contributed by atoms with Crippen molar-refractivity contribution in [3.63, 3.8) is 0 Å². The molecule has 1 fully saturated rings. The van der Waals surface area contributed by atoms with Crippen LogP contribution >= 0.6 is 0 Å². The summed E-state index contributed by atoms with van der Waals surface area (Å²) >= 11 is 0. The number of allylic oxidation sites excluding steroid dienone is 1. The Morgan fingerprint density at radius 1 is 0.833 bits per heavy atom. The van der Waals surface area contributed by atoms with Gasteiger partial charge in [0.15, 0.2) is 0 Å². The highest BCUT2D eigenvalue weighted by molar-refractivity contribution is 6.99. The minimum Gasteiger partial charge on any atom is -0.405 e. The molecule has 0 amide bonds. The van der Waals surface area contributed by atoms with E-state index < -0.39 is 8.32 Å². The first-order valence-electron chi connectivity index (χ1n) is 15.7. The summed E-state index contributed by atoms with van der Waals surface area (Å²) in [6.07, 6.45) is 8.52. The summed E-state index contributed by atoms with van der Waals surface area (Å²) in [5, 5.41) is 2.46. The van der Waals surface area contributed by atoms with Gasteiger partial charge in [-0.3, -0.25) is 0 Å². The van der Waals surface area contributed by atoms with Gasteiger partial charge < -0.3 is 18.6 Å². The number of hydrogen-bond acceptors (Lipinski definition) is 4. The van der Waals surface area contributed by atoms with Crippen LogP contribution in [0.4, 0.5) is 0 Å². The first kappa shape index (κ1) is 30.9. The summed E-state index contributed by atoms with van der Waals surface area (Å²) in [6, 6.07) is 32.1. The summed E-state index contributed by atoms with van der Waals surface area (Å²) in [4.78, 5) is 0. The van der Waals surface area contributed by atoms with Crippen LogP contribution in [-0.2, 0) is 25.2 Å². The van der Waals surface area contributed by atoms with E-state index in [0.717, 1.165) is 37.9 Å². The largest absolute Gasteiger partial charge is 0.405 e. The van der Waals surface area contributed by atoms with Gasteiger partial charge in [0, 0.05) is 13.0 Å². The summed E-state index contributed by atoms with van der Waals surface area (Å²) in [5.41, 5.74) is 1.16. The van der Waals surface area contributed by atoms with Crippen molar-refractivity contribution in [2.24, 2.45) is 5.92 Å². The highest BCUT2D eigenvalue weighted by Crippen LogP contribution is 2.37. The monoisotopic (exact) mass is 584 g/mol. The molecule has 0 bridgehead atoms. The molecule has 0 spiro atoms. The fourth-order valence-electron chi connectivity index (χ4n) is 6.56. The molecule has 5 atom stereocenters. The minimum absolute atomic E-state index is 0.0505. The van der Waals surface area contributed by atoms with Gasteiger partial charge >= 0.3 is 0 Å². The zero-order valence-electron chi connectivity index (χ0n) is 25.8. The summed E-state index contributed by atoms with van der Waals surface area (Å²) in [7, 11) is -2.70. The maximum absolute atomic E-state index is 7.35.